The molecule has 4 nitrogen and oxygen atoms in total. The molecule has 104 valence electrons. The van der Waals surface area contributed by atoms with Gasteiger partial charge in [-0.25, -0.2) is 4.39 Å². The van der Waals surface area contributed by atoms with Crippen molar-refractivity contribution in [3.63, 3.8) is 0 Å². The Kier molecular flexibility index (Phi) is 5.85. The molecule has 0 radical (unpaired) electrons. The van der Waals surface area contributed by atoms with E-state index >= 15 is 0 Å². The van der Waals surface area contributed by atoms with Crippen LogP contribution in [-0.4, -0.2) is 35.9 Å². The van der Waals surface area contributed by atoms with E-state index in [9.17, 15) is 9.18 Å². The summed E-state index contributed by atoms with van der Waals surface area (Å²) in [6.07, 6.45) is 0. The van der Waals surface area contributed by atoms with Crippen molar-refractivity contribution in [1.29, 1.82) is 0 Å². The lowest BCUT2D eigenvalue weighted by molar-refractivity contribution is -0.121. The van der Waals surface area contributed by atoms with E-state index in [2.05, 4.69) is 5.32 Å². The third-order valence-electron chi connectivity index (χ3n) is 2.83. The van der Waals surface area contributed by atoms with Crippen molar-refractivity contribution < 1.29 is 9.18 Å². The topological polar surface area (TPSA) is 58.4 Å². The van der Waals surface area contributed by atoms with Gasteiger partial charge in [-0.05, 0) is 12.6 Å². The van der Waals surface area contributed by atoms with Crippen molar-refractivity contribution in [3.8, 4) is 0 Å². The number of rotatable bonds is 6. The molecule has 6 heteroatoms. The average Bonchev–Trinajstić information content (AvgIpc) is 2.39. The summed E-state index contributed by atoms with van der Waals surface area (Å²) in [7, 11) is 1.57. The summed E-state index contributed by atoms with van der Waals surface area (Å²) in [6.45, 7) is 3.12. The number of hydrogen-bond acceptors (Lipinski definition) is 3. The largest absolute Gasteiger partial charge is 0.389 e. The lowest BCUT2D eigenvalue weighted by atomic mass is 10.1. The van der Waals surface area contributed by atoms with Gasteiger partial charge in [-0.2, -0.15) is 0 Å². The number of nitrogens with one attached hydrogen (secondary N) is 1. The average molecular weight is 283 g/mol. The smallest absolute Gasteiger partial charge is 0.233 e. The van der Waals surface area contributed by atoms with Gasteiger partial charge in [0.25, 0.3) is 0 Å². The van der Waals surface area contributed by atoms with Crippen molar-refractivity contribution in [2.45, 2.75) is 13.5 Å². The van der Waals surface area contributed by atoms with Crippen LogP contribution in [0.5, 0.6) is 0 Å². The van der Waals surface area contributed by atoms with Crippen molar-refractivity contribution in [1.82, 2.24) is 10.2 Å². The molecule has 0 spiro atoms. The van der Waals surface area contributed by atoms with Crippen LogP contribution in [0.4, 0.5) is 4.39 Å². The zero-order valence-electron chi connectivity index (χ0n) is 11.1. The summed E-state index contributed by atoms with van der Waals surface area (Å²) in [4.78, 5) is 13.2. The van der Waals surface area contributed by atoms with Crippen LogP contribution in [0.25, 0.3) is 0 Å². The Morgan fingerprint density at radius 1 is 1.53 bits per heavy atom. The van der Waals surface area contributed by atoms with Gasteiger partial charge in [0.15, 0.2) is 0 Å². The summed E-state index contributed by atoms with van der Waals surface area (Å²) in [5.74, 6) is -0.516. The molecule has 0 atom stereocenters. The quantitative estimate of drug-likeness (QED) is 0.766. The summed E-state index contributed by atoms with van der Waals surface area (Å²) in [5, 5.41) is 2.54. The first-order valence-electron chi connectivity index (χ1n) is 5.99. The SMILES string of the molecule is CCN(CC(=O)NC)Cc1cccc(C(N)=S)c1F. The molecule has 0 heterocycles. The van der Waals surface area contributed by atoms with E-state index in [1.807, 2.05) is 11.8 Å². The number of hydrogen-bond donors (Lipinski definition) is 2. The molecule has 0 bridgehead atoms. The van der Waals surface area contributed by atoms with Crippen LogP contribution in [0.3, 0.4) is 0 Å². The van der Waals surface area contributed by atoms with E-state index in [1.54, 1.807) is 25.2 Å². The predicted octanol–water partition coefficient (Wildman–Crippen LogP) is 1.03. The number of benzene rings is 1. The van der Waals surface area contributed by atoms with Crippen molar-refractivity contribution in [2.24, 2.45) is 5.73 Å². The second-order valence-electron chi connectivity index (χ2n) is 4.12. The van der Waals surface area contributed by atoms with Crippen LogP contribution in [0.15, 0.2) is 18.2 Å². The van der Waals surface area contributed by atoms with E-state index in [-0.39, 0.29) is 23.0 Å². The zero-order chi connectivity index (χ0) is 14.4. The number of nitrogens with zero attached hydrogens (tertiary/aromatic N) is 1. The molecular weight excluding hydrogens is 265 g/mol. The van der Waals surface area contributed by atoms with Gasteiger partial charge in [0, 0.05) is 24.7 Å². The van der Waals surface area contributed by atoms with Crippen LogP contribution >= 0.6 is 12.2 Å². The molecule has 0 unspecified atom stereocenters. The number of carbonyl (C=O) groups excluding carboxylic acids is 1. The molecule has 0 aliphatic heterocycles. The Morgan fingerprint density at radius 2 is 2.21 bits per heavy atom. The summed E-state index contributed by atoms with van der Waals surface area (Å²) in [5.41, 5.74) is 6.18. The molecule has 1 amide bonds. The van der Waals surface area contributed by atoms with E-state index < -0.39 is 5.82 Å². The maximum absolute atomic E-state index is 14.1. The Bertz CT molecular complexity index is 479. The summed E-state index contributed by atoms with van der Waals surface area (Å²) in [6, 6.07) is 4.93. The number of halogens is 1. The molecule has 1 rings (SSSR count). The van der Waals surface area contributed by atoms with Gasteiger partial charge in [-0.3, -0.25) is 9.69 Å². The summed E-state index contributed by atoms with van der Waals surface area (Å²) < 4.78 is 14.1. The highest BCUT2D eigenvalue weighted by Gasteiger charge is 2.14. The Balaban J connectivity index is 2.88. The zero-order valence-corrected chi connectivity index (χ0v) is 11.9. The molecule has 0 aliphatic carbocycles. The lowest BCUT2D eigenvalue weighted by Crippen LogP contribution is -2.35. The van der Waals surface area contributed by atoms with Crippen molar-refractivity contribution in [2.75, 3.05) is 20.1 Å². The first-order valence-corrected chi connectivity index (χ1v) is 6.40. The van der Waals surface area contributed by atoms with Gasteiger partial charge in [0.1, 0.15) is 10.8 Å². The van der Waals surface area contributed by atoms with Crippen LogP contribution < -0.4 is 11.1 Å². The van der Waals surface area contributed by atoms with Gasteiger partial charge < -0.3 is 11.1 Å². The number of likely N-dealkylation sites (N-methyl/N-ethyl adjacent to an activating group) is 2. The third kappa shape index (κ3) is 4.25. The highest BCUT2D eigenvalue weighted by molar-refractivity contribution is 7.80. The van der Waals surface area contributed by atoms with Gasteiger partial charge >= 0.3 is 0 Å². The van der Waals surface area contributed by atoms with E-state index in [0.29, 0.717) is 18.7 Å². The fraction of sp³-hybridized carbons (Fsp3) is 0.385. The van der Waals surface area contributed by atoms with Crippen molar-refractivity contribution in [3.05, 3.63) is 35.1 Å². The van der Waals surface area contributed by atoms with Crippen LogP contribution in [0.1, 0.15) is 18.1 Å². The second kappa shape index (κ2) is 7.16. The molecule has 19 heavy (non-hydrogen) atoms. The van der Waals surface area contributed by atoms with Crippen LogP contribution in [0.2, 0.25) is 0 Å². The highest BCUT2D eigenvalue weighted by atomic mass is 32.1. The first-order chi connectivity index (χ1) is 8.99. The molecule has 0 saturated heterocycles. The predicted molar refractivity (Wildman–Crippen MR) is 77.3 cm³/mol. The van der Waals surface area contributed by atoms with Crippen LogP contribution in [0, 0.1) is 5.82 Å². The fourth-order valence-electron chi connectivity index (χ4n) is 1.69. The minimum atomic E-state index is -0.412. The molecule has 1 aromatic rings. The highest BCUT2D eigenvalue weighted by Crippen LogP contribution is 2.15. The molecule has 0 aliphatic rings. The molecular formula is C13H18FN3OS. The number of carbonyl (C=O) groups is 1. The van der Waals surface area contributed by atoms with Gasteiger partial charge in [0.2, 0.25) is 5.91 Å². The molecule has 0 saturated carbocycles. The standard InChI is InChI=1S/C13H18FN3OS/c1-3-17(8-11(18)16-2)7-9-5-4-6-10(12(9)14)13(15)19/h4-6H,3,7-8H2,1-2H3,(H2,15,19)(H,16,18). The lowest BCUT2D eigenvalue weighted by Gasteiger charge is -2.20. The number of amides is 1. The minimum absolute atomic E-state index is 0.0358. The monoisotopic (exact) mass is 283 g/mol. The van der Waals surface area contributed by atoms with Gasteiger partial charge in [-0.15, -0.1) is 0 Å². The molecule has 1 aromatic carbocycles. The molecule has 0 aromatic heterocycles. The maximum atomic E-state index is 14.1. The fourth-order valence-corrected chi connectivity index (χ4v) is 1.85. The van der Waals surface area contributed by atoms with Crippen molar-refractivity contribution >= 4 is 23.1 Å². The maximum Gasteiger partial charge on any atom is 0.233 e. The number of thiocarbonyl (C=S) groups is 1. The van der Waals surface area contributed by atoms with E-state index in [0.717, 1.165) is 0 Å². The minimum Gasteiger partial charge on any atom is -0.389 e. The Labute approximate surface area is 117 Å². The first kappa shape index (κ1) is 15.5. The second-order valence-corrected chi connectivity index (χ2v) is 4.56. The molecule has 3 N–H and O–H groups in total. The Morgan fingerprint density at radius 3 is 2.74 bits per heavy atom. The normalized spacial score (nSPS) is 10.5. The van der Waals surface area contributed by atoms with Gasteiger partial charge in [0.05, 0.1) is 6.54 Å². The van der Waals surface area contributed by atoms with Crippen LogP contribution in [-0.2, 0) is 11.3 Å². The van der Waals surface area contributed by atoms with E-state index in [1.165, 1.54) is 0 Å². The molecule has 0 fully saturated rings. The van der Waals surface area contributed by atoms with E-state index in [4.69, 9.17) is 18.0 Å². The number of nitrogens with two attached hydrogens (primary N) is 1. The summed E-state index contributed by atoms with van der Waals surface area (Å²) >= 11 is 4.80. The Hall–Kier alpha value is -1.53. The van der Waals surface area contributed by atoms with Gasteiger partial charge in [-0.1, -0.05) is 31.3 Å². The third-order valence-corrected chi connectivity index (χ3v) is 3.05.